The van der Waals surface area contributed by atoms with Gasteiger partial charge < -0.3 is 0 Å². The normalized spacial score (nSPS) is 10.7. The van der Waals surface area contributed by atoms with Gasteiger partial charge in [0.1, 0.15) is 5.82 Å². The van der Waals surface area contributed by atoms with Crippen molar-refractivity contribution in [3.63, 3.8) is 0 Å². The van der Waals surface area contributed by atoms with Gasteiger partial charge in [-0.3, -0.25) is 0 Å². The molecule has 0 amide bonds. The maximum Gasteiger partial charge on any atom is 0.138 e. The standard InChI is InChI=1S/C18H17F/c1-18(2,3)16-12-9-14(10-13-16)8-11-15-6-4-5-7-17(15)19/h4-7,9-10,12-13H,1-3H3. The molecule has 0 atom stereocenters. The topological polar surface area (TPSA) is 0 Å². The summed E-state index contributed by atoms with van der Waals surface area (Å²) in [7, 11) is 0. The van der Waals surface area contributed by atoms with Gasteiger partial charge in [0.2, 0.25) is 0 Å². The Morgan fingerprint density at radius 2 is 1.47 bits per heavy atom. The van der Waals surface area contributed by atoms with Gasteiger partial charge in [-0.25, -0.2) is 4.39 Å². The molecule has 0 fully saturated rings. The molecule has 0 aliphatic heterocycles. The molecular formula is C18H17F. The Balaban J connectivity index is 2.24. The van der Waals surface area contributed by atoms with E-state index in [0.717, 1.165) is 5.56 Å². The van der Waals surface area contributed by atoms with Crippen molar-refractivity contribution in [1.82, 2.24) is 0 Å². The molecule has 1 heteroatoms. The molecule has 0 radical (unpaired) electrons. The SMILES string of the molecule is CC(C)(C)c1ccc(C#Cc2ccccc2F)cc1. The lowest BCUT2D eigenvalue weighted by Gasteiger charge is -2.18. The molecule has 0 unspecified atom stereocenters. The fourth-order valence-electron chi connectivity index (χ4n) is 1.76. The number of hydrogen-bond donors (Lipinski definition) is 0. The van der Waals surface area contributed by atoms with Gasteiger partial charge >= 0.3 is 0 Å². The second-order valence-corrected chi connectivity index (χ2v) is 5.56. The molecule has 0 bridgehead atoms. The van der Waals surface area contributed by atoms with Crippen molar-refractivity contribution >= 4 is 0 Å². The number of halogens is 1. The monoisotopic (exact) mass is 252 g/mol. The third-order valence-electron chi connectivity index (χ3n) is 2.97. The van der Waals surface area contributed by atoms with Gasteiger partial charge in [0, 0.05) is 5.56 Å². The van der Waals surface area contributed by atoms with Crippen LogP contribution in [0.4, 0.5) is 4.39 Å². The Hall–Kier alpha value is -2.07. The Bertz CT molecular complexity index is 619. The minimum Gasteiger partial charge on any atom is -0.206 e. The summed E-state index contributed by atoms with van der Waals surface area (Å²) in [5.41, 5.74) is 2.74. The Labute approximate surface area is 114 Å². The minimum atomic E-state index is -0.277. The third kappa shape index (κ3) is 3.45. The van der Waals surface area contributed by atoms with E-state index in [0.29, 0.717) is 5.56 Å². The molecule has 2 aromatic carbocycles. The van der Waals surface area contributed by atoms with E-state index in [1.165, 1.54) is 11.6 Å². The zero-order chi connectivity index (χ0) is 13.9. The maximum absolute atomic E-state index is 13.4. The molecule has 2 rings (SSSR count). The Morgan fingerprint density at radius 1 is 0.842 bits per heavy atom. The van der Waals surface area contributed by atoms with Gasteiger partial charge in [-0.1, -0.05) is 56.9 Å². The van der Waals surface area contributed by atoms with Gasteiger partial charge in [-0.2, -0.15) is 0 Å². The van der Waals surface area contributed by atoms with Gasteiger partial charge in [-0.05, 0) is 35.2 Å². The summed E-state index contributed by atoms with van der Waals surface area (Å²) < 4.78 is 13.4. The number of hydrogen-bond acceptors (Lipinski definition) is 0. The summed E-state index contributed by atoms with van der Waals surface area (Å²) in [5, 5.41) is 0. The van der Waals surface area contributed by atoms with E-state index >= 15 is 0 Å². The minimum absolute atomic E-state index is 0.136. The van der Waals surface area contributed by atoms with E-state index in [1.54, 1.807) is 18.2 Å². The highest BCUT2D eigenvalue weighted by molar-refractivity contribution is 5.44. The fraction of sp³-hybridized carbons (Fsp3) is 0.222. The van der Waals surface area contributed by atoms with E-state index < -0.39 is 0 Å². The van der Waals surface area contributed by atoms with Crippen molar-refractivity contribution in [1.29, 1.82) is 0 Å². The summed E-state index contributed by atoms with van der Waals surface area (Å²) in [6.45, 7) is 6.52. The van der Waals surface area contributed by atoms with Crippen LogP contribution in [-0.4, -0.2) is 0 Å². The van der Waals surface area contributed by atoms with Crippen LogP contribution in [0.2, 0.25) is 0 Å². The molecule has 0 saturated carbocycles. The van der Waals surface area contributed by atoms with Crippen molar-refractivity contribution in [3.8, 4) is 11.8 Å². The van der Waals surface area contributed by atoms with E-state index in [2.05, 4.69) is 44.7 Å². The van der Waals surface area contributed by atoms with Crippen molar-refractivity contribution in [3.05, 3.63) is 71.0 Å². The van der Waals surface area contributed by atoms with Gasteiger partial charge in [0.15, 0.2) is 0 Å². The molecule has 2 aromatic rings. The van der Waals surface area contributed by atoms with Gasteiger partial charge in [0.25, 0.3) is 0 Å². The molecule has 0 N–H and O–H groups in total. The third-order valence-corrected chi connectivity index (χ3v) is 2.97. The van der Waals surface area contributed by atoms with Crippen LogP contribution in [0.5, 0.6) is 0 Å². The smallest absolute Gasteiger partial charge is 0.138 e. The Morgan fingerprint density at radius 3 is 2.05 bits per heavy atom. The average molecular weight is 252 g/mol. The molecule has 0 nitrogen and oxygen atoms in total. The molecule has 0 aliphatic carbocycles. The summed E-state index contributed by atoms with van der Waals surface area (Å²) in [6, 6.07) is 14.7. The van der Waals surface area contributed by atoms with Crippen LogP contribution in [0.1, 0.15) is 37.5 Å². The lowest BCUT2D eigenvalue weighted by atomic mass is 9.87. The lowest BCUT2D eigenvalue weighted by molar-refractivity contribution is 0.590. The lowest BCUT2D eigenvalue weighted by Crippen LogP contribution is -2.10. The van der Waals surface area contributed by atoms with Crippen molar-refractivity contribution in [2.24, 2.45) is 0 Å². The number of benzene rings is 2. The van der Waals surface area contributed by atoms with Crippen molar-refractivity contribution in [2.45, 2.75) is 26.2 Å². The molecule has 0 spiro atoms. The molecular weight excluding hydrogens is 235 g/mol. The quantitative estimate of drug-likeness (QED) is 0.605. The summed E-state index contributed by atoms with van der Waals surface area (Å²) in [4.78, 5) is 0. The van der Waals surface area contributed by atoms with Crippen LogP contribution in [0.25, 0.3) is 0 Å². The van der Waals surface area contributed by atoms with Crippen LogP contribution in [0, 0.1) is 17.7 Å². The summed E-state index contributed by atoms with van der Waals surface area (Å²) in [5.74, 6) is 5.58. The van der Waals surface area contributed by atoms with Crippen LogP contribution in [0.3, 0.4) is 0 Å². The zero-order valence-corrected chi connectivity index (χ0v) is 11.5. The second-order valence-electron chi connectivity index (χ2n) is 5.56. The van der Waals surface area contributed by atoms with Gasteiger partial charge in [0.05, 0.1) is 5.56 Å². The first-order valence-electron chi connectivity index (χ1n) is 6.34. The molecule has 19 heavy (non-hydrogen) atoms. The first-order valence-corrected chi connectivity index (χ1v) is 6.34. The van der Waals surface area contributed by atoms with Crippen molar-refractivity contribution < 1.29 is 4.39 Å². The Kier molecular flexibility index (Phi) is 3.71. The summed E-state index contributed by atoms with van der Waals surface area (Å²) >= 11 is 0. The largest absolute Gasteiger partial charge is 0.206 e. The first-order chi connectivity index (χ1) is 8.97. The second kappa shape index (κ2) is 5.28. The molecule has 0 heterocycles. The van der Waals surface area contributed by atoms with E-state index in [-0.39, 0.29) is 11.2 Å². The van der Waals surface area contributed by atoms with E-state index in [1.807, 2.05) is 12.1 Å². The molecule has 0 aromatic heterocycles. The molecule has 0 aliphatic rings. The van der Waals surface area contributed by atoms with Crippen LogP contribution >= 0.6 is 0 Å². The number of rotatable bonds is 0. The zero-order valence-electron chi connectivity index (χ0n) is 11.5. The highest BCUT2D eigenvalue weighted by Gasteiger charge is 2.12. The van der Waals surface area contributed by atoms with Crippen LogP contribution < -0.4 is 0 Å². The predicted molar refractivity (Wildman–Crippen MR) is 77.5 cm³/mol. The average Bonchev–Trinajstić information content (AvgIpc) is 2.37. The highest BCUT2D eigenvalue weighted by atomic mass is 19.1. The van der Waals surface area contributed by atoms with E-state index in [4.69, 9.17) is 0 Å². The van der Waals surface area contributed by atoms with Crippen LogP contribution in [0.15, 0.2) is 48.5 Å². The molecule has 96 valence electrons. The maximum atomic E-state index is 13.4. The highest BCUT2D eigenvalue weighted by Crippen LogP contribution is 2.21. The molecule has 0 saturated heterocycles. The van der Waals surface area contributed by atoms with Gasteiger partial charge in [-0.15, -0.1) is 0 Å². The first kappa shape index (κ1) is 13.4. The predicted octanol–water partition coefficient (Wildman–Crippen LogP) is 4.52. The van der Waals surface area contributed by atoms with Crippen molar-refractivity contribution in [2.75, 3.05) is 0 Å². The van der Waals surface area contributed by atoms with Crippen LogP contribution in [-0.2, 0) is 5.41 Å². The van der Waals surface area contributed by atoms with E-state index in [9.17, 15) is 4.39 Å². The summed E-state index contributed by atoms with van der Waals surface area (Å²) in [6.07, 6.45) is 0. The fourth-order valence-corrected chi connectivity index (χ4v) is 1.76.